The number of carbonyl (C=O) groups excluding carboxylic acids is 2. The fourth-order valence-corrected chi connectivity index (χ4v) is 5.20. The van der Waals surface area contributed by atoms with Crippen molar-refractivity contribution in [2.75, 3.05) is 37.3 Å². The molecular formula is C34H46N4O2. The summed E-state index contributed by atoms with van der Waals surface area (Å²) in [6, 6.07) is 23.4. The van der Waals surface area contributed by atoms with E-state index < -0.39 is 0 Å². The summed E-state index contributed by atoms with van der Waals surface area (Å²) >= 11 is 0. The number of rotatable bonds is 8. The quantitative estimate of drug-likeness (QED) is 0.311. The second-order valence-electron chi connectivity index (χ2n) is 10.7. The Morgan fingerprint density at radius 2 is 1.62 bits per heavy atom. The SMILES string of the molecule is CC.Cc1ccc(NC(=O)Nc2ccc(C)cc2CC(=O)N(C)[C@H](CN2CCCC(C)C2)c2ccccc2)cc1. The lowest BCUT2D eigenvalue weighted by molar-refractivity contribution is -0.131. The van der Waals surface area contributed by atoms with Gasteiger partial charge >= 0.3 is 6.03 Å². The molecule has 2 atom stereocenters. The van der Waals surface area contributed by atoms with E-state index in [9.17, 15) is 9.59 Å². The molecule has 1 unspecified atom stereocenters. The van der Waals surface area contributed by atoms with E-state index in [0.717, 1.165) is 47.6 Å². The molecule has 0 radical (unpaired) electrons. The predicted octanol–water partition coefficient (Wildman–Crippen LogP) is 7.45. The number of nitrogens with one attached hydrogen (secondary N) is 2. The Labute approximate surface area is 240 Å². The third-order valence-corrected chi connectivity index (χ3v) is 7.38. The first-order valence-corrected chi connectivity index (χ1v) is 14.6. The number of likely N-dealkylation sites (tertiary alicyclic amines) is 1. The van der Waals surface area contributed by atoms with Crippen molar-refractivity contribution in [1.82, 2.24) is 9.80 Å². The van der Waals surface area contributed by atoms with Gasteiger partial charge in [-0.3, -0.25) is 4.79 Å². The van der Waals surface area contributed by atoms with Crippen LogP contribution in [0.3, 0.4) is 0 Å². The Morgan fingerprint density at radius 3 is 2.30 bits per heavy atom. The van der Waals surface area contributed by atoms with E-state index in [4.69, 9.17) is 0 Å². The van der Waals surface area contributed by atoms with Crippen LogP contribution in [0.2, 0.25) is 0 Å². The average molecular weight is 543 g/mol. The molecule has 3 aromatic carbocycles. The highest BCUT2D eigenvalue weighted by molar-refractivity contribution is 6.00. The van der Waals surface area contributed by atoms with Gasteiger partial charge in [-0.15, -0.1) is 0 Å². The van der Waals surface area contributed by atoms with E-state index in [2.05, 4.69) is 34.6 Å². The summed E-state index contributed by atoms with van der Waals surface area (Å²) in [4.78, 5) is 30.8. The van der Waals surface area contributed by atoms with Gasteiger partial charge in [-0.1, -0.05) is 86.5 Å². The number of nitrogens with zero attached hydrogens (tertiary/aromatic N) is 2. The van der Waals surface area contributed by atoms with Crippen molar-refractivity contribution < 1.29 is 9.59 Å². The number of hydrogen-bond donors (Lipinski definition) is 2. The van der Waals surface area contributed by atoms with Crippen LogP contribution < -0.4 is 10.6 Å². The van der Waals surface area contributed by atoms with E-state index in [0.29, 0.717) is 11.6 Å². The van der Waals surface area contributed by atoms with Gasteiger partial charge in [0.25, 0.3) is 0 Å². The average Bonchev–Trinajstić information content (AvgIpc) is 2.95. The molecule has 1 aliphatic rings. The zero-order chi connectivity index (χ0) is 29.1. The lowest BCUT2D eigenvalue weighted by atomic mass is 9.98. The second-order valence-corrected chi connectivity index (χ2v) is 10.7. The molecule has 2 N–H and O–H groups in total. The number of urea groups is 1. The molecule has 3 amide bonds. The Hall–Kier alpha value is -3.64. The van der Waals surface area contributed by atoms with Crippen molar-refractivity contribution in [1.29, 1.82) is 0 Å². The monoisotopic (exact) mass is 542 g/mol. The molecule has 1 saturated heterocycles. The molecule has 1 heterocycles. The summed E-state index contributed by atoms with van der Waals surface area (Å²) in [5.74, 6) is 0.699. The molecule has 1 aliphatic heterocycles. The molecule has 4 rings (SSSR count). The van der Waals surface area contributed by atoms with Crippen molar-refractivity contribution in [3.8, 4) is 0 Å². The number of likely N-dealkylation sites (N-methyl/N-ethyl adjacent to an activating group) is 1. The zero-order valence-corrected chi connectivity index (χ0v) is 25.0. The fraction of sp³-hybridized carbons (Fsp3) is 0.412. The predicted molar refractivity (Wildman–Crippen MR) is 167 cm³/mol. The van der Waals surface area contributed by atoms with Gasteiger partial charge in [-0.05, 0) is 68.5 Å². The highest BCUT2D eigenvalue weighted by atomic mass is 16.2. The van der Waals surface area contributed by atoms with Gasteiger partial charge < -0.3 is 20.4 Å². The molecule has 6 nitrogen and oxygen atoms in total. The van der Waals surface area contributed by atoms with E-state index >= 15 is 0 Å². The number of carbonyl (C=O) groups is 2. The van der Waals surface area contributed by atoms with Crippen molar-refractivity contribution in [2.45, 2.75) is 59.9 Å². The smallest absolute Gasteiger partial charge is 0.323 e. The Balaban J connectivity index is 0.00000216. The van der Waals surface area contributed by atoms with Gasteiger partial charge in [-0.2, -0.15) is 0 Å². The van der Waals surface area contributed by atoms with Crippen molar-refractivity contribution >= 4 is 23.3 Å². The first-order chi connectivity index (χ1) is 19.3. The minimum Gasteiger partial charge on any atom is -0.337 e. The standard InChI is InChI=1S/C32H40N4O2.C2H6/c1-23-12-15-28(16-13-23)33-32(38)34-29-17-14-24(2)19-27(29)20-31(37)35(4)30(26-10-6-5-7-11-26)22-36-18-8-9-25(3)21-36;1-2/h5-7,10-17,19,25,30H,8-9,18,20-22H2,1-4H3,(H2,33,34,38);1-2H3/t25?,30-;/m1./s1. The summed E-state index contributed by atoms with van der Waals surface area (Å²) in [7, 11) is 1.90. The molecule has 6 heteroatoms. The van der Waals surface area contributed by atoms with Crippen LogP contribution in [0.1, 0.15) is 61.9 Å². The van der Waals surface area contributed by atoms with Crippen LogP contribution in [0.15, 0.2) is 72.8 Å². The number of anilines is 2. The third-order valence-electron chi connectivity index (χ3n) is 7.38. The van der Waals surface area contributed by atoms with Crippen LogP contribution in [0.4, 0.5) is 16.2 Å². The number of amides is 3. The highest BCUT2D eigenvalue weighted by Gasteiger charge is 2.27. The summed E-state index contributed by atoms with van der Waals surface area (Å²) in [6.07, 6.45) is 2.67. The van der Waals surface area contributed by atoms with E-state index in [1.165, 1.54) is 12.8 Å². The molecule has 0 aliphatic carbocycles. The van der Waals surface area contributed by atoms with Crippen LogP contribution in [-0.2, 0) is 11.2 Å². The van der Waals surface area contributed by atoms with E-state index in [1.807, 2.05) is 100 Å². The van der Waals surface area contributed by atoms with Gasteiger partial charge in [0.05, 0.1) is 12.5 Å². The molecule has 1 fully saturated rings. The van der Waals surface area contributed by atoms with Crippen molar-refractivity contribution in [2.24, 2.45) is 5.92 Å². The highest BCUT2D eigenvalue weighted by Crippen LogP contribution is 2.26. The largest absolute Gasteiger partial charge is 0.337 e. The van der Waals surface area contributed by atoms with Crippen LogP contribution in [0.5, 0.6) is 0 Å². The number of hydrogen-bond acceptors (Lipinski definition) is 3. The van der Waals surface area contributed by atoms with Crippen molar-refractivity contribution in [3.63, 3.8) is 0 Å². The first-order valence-electron chi connectivity index (χ1n) is 14.6. The number of benzene rings is 3. The Bertz CT molecular complexity index is 1230. The normalized spacial score (nSPS) is 15.8. The summed E-state index contributed by atoms with van der Waals surface area (Å²) < 4.78 is 0. The molecule has 0 aromatic heterocycles. The van der Waals surface area contributed by atoms with Crippen molar-refractivity contribution in [3.05, 3.63) is 95.1 Å². The molecular weight excluding hydrogens is 496 g/mol. The molecule has 0 spiro atoms. The van der Waals surface area contributed by atoms with Crippen LogP contribution >= 0.6 is 0 Å². The van der Waals surface area contributed by atoms with Gasteiger partial charge in [0.2, 0.25) is 5.91 Å². The molecule has 3 aromatic rings. The minimum atomic E-state index is -0.332. The maximum Gasteiger partial charge on any atom is 0.323 e. The summed E-state index contributed by atoms with van der Waals surface area (Å²) in [5.41, 5.74) is 5.48. The Morgan fingerprint density at radius 1 is 0.950 bits per heavy atom. The lowest BCUT2D eigenvalue weighted by Crippen LogP contribution is -2.43. The van der Waals surface area contributed by atoms with E-state index in [-0.39, 0.29) is 24.4 Å². The summed E-state index contributed by atoms with van der Waals surface area (Å²) in [5, 5.41) is 5.82. The maximum absolute atomic E-state index is 13.7. The summed E-state index contributed by atoms with van der Waals surface area (Å²) in [6.45, 7) is 13.3. The van der Waals surface area contributed by atoms with Gasteiger partial charge in [0, 0.05) is 31.5 Å². The van der Waals surface area contributed by atoms with Gasteiger partial charge in [0.1, 0.15) is 0 Å². The van der Waals surface area contributed by atoms with E-state index in [1.54, 1.807) is 0 Å². The lowest BCUT2D eigenvalue weighted by Gasteiger charge is -2.37. The number of piperidine rings is 1. The fourth-order valence-electron chi connectivity index (χ4n) is 5.20. The topological polar surface area (TPSA) is 64.7 Å². The molecule has 214 valence electrons. The maximum atomic E-state index is 13.7. The zero-order valence-electron chi connectivity index (χ0n) is 25.0. The molecule has 0 bridgehead atoms. The van der Waals surface area contributed by atoms with Crippen LogP contribution in [0.25, 0.3) is 0 Å². The molecule has 0 saturated carbocycles. The minimum absolute atomic E-state index is 0.0245. The molecule has 40 heavy (non-hydrogen) atoms. The van der Waals surface area contributed by atoms with Gasteiger partial charge in [-0.25, -0.2) is 4.79 Å². The Kier molecular flexibility index (Phi) is 11.8. The first kappa shape index (κ1) is 30.9. The second kappa shape index (κ2) is 15.2. The van der Waals surface area contributed by atoms with Crippen LogP contribution in [-0.4, -0.2) is 48.4 Å². The third kappa shape index (κ3) is 8.95. The number of aryl methyl sites for hydroxylation is 2. The van der Waals surface area contributed by atoms with Gasteiger partial charge in [0.15, 0.2) is 0 Å². The van der Waals surface area contributed by atoms with Crippen LogP contribution in [0, 0.1) is 19.8 Å².